The summed E-state index contributed by atoms with van der Waals surface area (Å²) >= 11 is 0. The van der Waals surface area contributed by atoms with Crippen molar-refractivity contribution in [2.45, 2.75) is 70.6 Å². The Kier molecular flexibility index (Phi) is 5.46. The molecule has 3 heteroatoms. The van der Waals surface area contributed by atoms with Crippen molar-refractivity contribution in [3.63, 3.8) is 0 Å². The first-order valence-corrected chi connectivity index (χ1v) is 7.82. The van der Waals surface area contributed by atoms with Crippen LogP contribution in [0.25, 0.3) is 0 Å². The molecule has 2 fully saturated rings. The van der Waals surface area contributed by atoms with Crippen molar-refractivity contribution in [3.05, 3.63) is 0 Å². The predicted molar refractivity (Wildman–Crippen MR) is 75.7 cm³/mol. The van der Waals surface area contributed by atoms with E-state index in [4.69, 9.17) is 0 Å². The fourth-order valence-corrected chi connectivity index (χ4v) is 3.66. The highest BCUT2D eigenvalue weighted by Gasteiger charge is 2.33. The summed E-state index contributed by atoms with van der Waals surface area (Å²) in [5.41, 5.74) is 0. The summed E-state index contributed by atoms with van der Waals surface area (Å²) < 4.78 is 0. The number of aliphatic hydroxyl groups is 1. The molecule has 1 heterocycles. The Balaban J connectivity index is 1.79. The summed E-state index contributed by atoms with van der Waals surface area (Å²) in [6.07, 6.45) is 8.11. The van der Waals surface area contributed by atoms with Gasteiger partial charge in [0.25, 0.3) is 0 Å². The molecule has 3 nitrogen and oxygen atoms in total. The minimum Gasteiger partial charge on any atom is -0.390 e. The molecule has 0 aromatic heterocycles. The number of hydrogen-bond donors (Lipinski definition) is 2. The van der Waals surface area contributed by atoms with E-state index < -0.39 is 0 Å². The first kappa shape index (κ1) is 14.3. The molecule has 18 heavy (non-hydrogen) atoms. The number of hydrogen-bond acceptors (Lipinski definition) is 3. The fraction of sp³-hybridized carbons (Fsp3) is 1.00. The van der Waals surface area contributed by atoms with E-state index in [1.165, 1.54) is 45.1 Å². The lowest BCUT2D eigenvalue weighted by Gasteiger charge is -2.44. The molecular weight excluding hydrogens is 224 g/mol. The van der Waals surface area contributed by atoms with Gasteiger partial charge in [0.15, 0.2) is 0 Å². The monoisotopic (exact) mass is 254 g/mol. The molecule has 2 rings (SSSR count). The van der Waals surface area contributed by atoms with Crippen LogP contribution in [0.4, 0.5) is 0 Å². The highest BCUT2D eigenvalue weighted by atomic mass is 16.3. The van der Waals surface area contributed by atoms with E-state index in [0.717, 1.165) is 25.0 Å². The molecule has 1 aliphatic carbocycles. The number of rotatable bonds is 5. The molecule has 106 valence electrons. The van der Waals surface area contributed by atoms with Crippen LogP contribution in [0.1, 0.15) is 52.4 Å². The minimum atomic E-state index is -0.215. The molecule has 0 aromatic carbocycles. The van der Waals surface area contributed by atoms with Gasteiger partial charge >= 0.3 is 0 Å². The summed E-state index contributed by atoms with van der Waals surface area (Å²) in [6.45, 7) is 7.04. The van der Waals surface area contributed by atoms with Gasteiger partial charge in [0, 0.05) is 25.2 Å². The summed E-state index contributed by atoms with van der Waals surface area (Å²) in [4.78, 5) is 2.57. The van der Waals surface area contributed by atoms with Crippen molar-refractivity contribution in [1.29, 1.82) is 0 Å². The second kappa shape index (κ2) is 6.88. The third kappa shape index (κ3) is 3.94. The maximum atomic E-state index is 10.1. The maximum Gasteiger partial charge on any atom is 0.0791 e. The van der Waals surface area contributed by atoms with E-state index >= 15 is 0 Å². The highest BCUT2D eigenvalue weighted by molar-refractivity contribution is 4.88. The molecule has 0 amide bonds. The molecule has 2 aliphatic rings. The molecule has 0 aromatic rings. The van der Waals surface area contributed by atoms with Gasteiger partial charge in [-0.2, -0.15) is 0 Å². The van der Waals surface area contributed by atoms with Crippen molar-refractivity contribution in [3.8, 4) is 0 Å². The average Bonchev–Trinajstić information content (AvgIpc) is 2.37. The lowest BCUT2D eigenvalue weighted by molar-refractivity contribution is 0.0208. The van der Waals surface area contributed by atoms with Crippen molar-refractivity contribution >= 4 is 0 Å². The van der Waals surface area contributed by atoms with E-state index in [0.29, 0.717) is 6.04 Å². The van der Waals surface area contributed by atoms with Crippen LogP contribution in [0.15, 0.2) is 0 Å². The number of nitrogens with one attached hydrogen (secondary N) is 1. The Morgan fingerprint density at radius 3 is 2.67 bits per heavy atom. The van der Waals surface area contributed by atoms with Crippen molar-refractivity contribution in [2.75, 3.05) is 19.6 Å². The molecule has 1 unspecified atom stereocenters. The first-order valence-electron chi connectivity index (χ1n) is 7.82. The van der Waals surface area contributed by atoms with Crippen LogP contribution in [0.2, 0.25) is 0 Å². The van der Waals surface area contributed by atoms with E-state index in [1.54, 1.807) is 0 Å². The van der Waals surface area contributed by atoms with E-state index in [2.05, 4.69) is 24.1 Å². The largest absolute Gasteiger partial charge is 0.390 e. The number of β-amino-alcohol motifs (C(OH)–C–C–N with tert-alkyl or cyclic N) is 1. The third-order valence-electron chi connectivity index (χ3n) is 4.57. The fourth-order valence-electron chi connectivity index (χ4n) is 3.66. The smallest absolute Gasteiger partial charge is 0.0791 e. The van der Waals surface area contributed by atoms with Crippen LogP contribution in [0, 0.1) is 5.92 Å². The number of nitrogens with zero attached hydrogens (tertiary/aromatic N) is 1. The number of likely N-dealkylation sites (tertiary alicyclic amines) is 1. The van der Waals surface area contributed by atoms with E-state index in [1.807, 2.05) is 0 Å². The Morgan fingerprint density at radius 2 is 1.89 bits per heavy atom. The average molecular weight is 254 g/mol. The van der Waals surface area contributed by atoms with Gasteiger partial charge in [-0.3, -0.25) is 4.90 Å². The SMILES string of the molecule is CC(C)NCC(O)CN1CCC[C@H]2CCCC[C@H]21. The Labute approximate surface area is 112 Å². The summed E-state index contributed by atoms with van der Waals surface area (Å²) in [7, 11) is 0. The van der Waals surface area contributed by atoms with Gasteiger partial charge in [-0.25, -0.2) is 0 Å². The van der Waals surface area contributed by atoms with Crippen LogP contribution in [-0.4, -0.2) is 47.8 Å². The van der Waals surface area contributed by atoms with Gasteiger partial charge in [-0.15, -0.1) is 0 Å². The van der Waals surface area contributed by atoms with Crippen LogP contribution >= 0.6 is 0 Å². The second-order valence-electron chi connectivity index (χ2n) is 6.47. The van der Waals surface area contributed by atoms with Gasteiger partial charge in [0.1, 0.15) is 0 Å². The van der Waals surface area contributed by atoms with Crippen molar-refractivity contribution in [1.82, 2.24) is 10.2 Å². The van der Waals surface area contributed by atoms with Crippen molar-refractivity contribution < 1.29 is 5.11 Å². The summed E-state index contributed by atoms with van der Waals surface area (Å²) in [5, 5.41) is 13.5. The van der Waals surface area contributed by atoms with Crippen LogP contribution in [0.5, 0.6) is 0 Å². The molecular formula is C15H30N2O. The number of aliphatic hydroxyl groups excluding tert-OH is 1. The minimum absolute atomic E-state index is 0.215. The van der Waals surface area contributed by atoms with Gasteiger partial charge in [0.2, 0.25) is 0 Å². The lowest BCUT2D eigenvalue weighted by atomic mass is 9.78. The number of piperidine rings is 1. The predicted octanol–water partition coefficient (Wildman–Crippen LogP) is 2.00. The molecule has 1 saturated heterocycles. The lowest BCUT2D eigenvalue weighted by Crippen LogP contribution is -2.51. The standard InChI is InChI=1S/C15H30N2O/c1-12(2)16-10-14(18)11-17-9-5-7-13-6-3-4-8-15(13)17/h12-16,18H,3-11H2,1-2H3/t13-,14?,15-/m1/s1. The van der Waals surface area contributed by atoms with Gasteiger partial charge in [-0.05, 0) is 38.1 Å². The molecule has 0 spiro atoms. The zero-order valence-corrected chi connectivity index (χ0v) is 12.1. The first-order chi connectivity index (χ1) is 8.66. The zero-order valence-electron chi connectivity index (χ0n) is 12.1. The highest BCUT2D eigenvalue weighted by Crippen LogP contribution is 2.35. The van der Waals surface area contributed by atoms with Gasteiger partial charge in [0.05, 0.1) is 6.10 Å². The Morgan fingerprint density at radius 1 is 1.17 bits per heavy atom. The molecule has 0 bridgehead atoms. The third-order valence-corrected chi connectivity index (χ3v) is 4.57. The van der Waals surface area contributed by atoms with Crippen molar-refractivity contribution in [2.24, 2.45) is 5.92 Å². The van der Waals surface area contributed by atoms with Crippen LogP contribution in [-0.2, 0) is 0 Å². The second-order valence-corrected chi connectivity index (χ2v) is 6.47. The normalized spacial score (nSPS) is 31.3. The molecule has 3 atom stereocenters. The molecule has 1 aliphatic heterocycles. The Hall–Kier alpha value is -0.120. The summed E-state index contributed by atoms with van der Waals surface area (Å²) in [5.74, 6) is 0.915. The van der Waals surface area contributed by atoms with Crippen LogP contribution < -0.4 is 5.32 Å². The number of fused-ring (bicyclic) bond motifs is 1. The van der Waals surface area contributed by atoms with Crippen LogP contribution in [0.3, 0.4) is 0 Å². The Bertz CT molecular complexity index is 243. The van der Waals surface area contributed by atoms with Gasteiger partial charge in [-0.1, -0.05) is 26.7 Å². The molecule has 2 N–H and O–H groups in total. The zero-order chi connectivity index (χ0) is 13.0. The molecule has 0 radical (unpaired) electrons. The summed E-state index contributed by atoms with van der Waals surface area (Å²) in [6, 6.07) is 1.23. The van der Waals surface area contributed by atoms with E-state index in [9.17, 15) is 5.11 Å². The van der Waals surface area contributed by atoms with E-state index in [-0.39, 0.29) is 6.10 Å². The topological polar surface area (TPSA) is 35.5 Å². The quantitative estimate of drug-likeness (QED) is 0.788. The molecule has 1 saturated carbocycles. The van der Waals surface area contributed by atoms with Gasteiger partial charge < -0.3 is 10.4 Å². The maximum absolute atomic E-state index is 10.1.